The molecule has 18 heavy (non-hydrogen) atoms. The first-order valence-corrected chi connectivity index (χ1v) is 5.61. The Morgan fingerprint density at radius 1 is 1.33 bits per heavy atom. The number of ether oxygens (including phenoxy) is 2. The number of primary amides is 1. The van der Waals surface area contributed by atoms with E-state index in [1.165, 1.54) is 0 Å². The molecular formula is C10H19NO7. The fourth-order valence-electron chi connectivity index (χ4n) is 1.74. The van der Waals surface area contributed by atoms with Crippen LogP contribution >= 0.6 is 0 Å². The molecule has 8 nitrogen and oxygen atoms in total. The molecule has 0 aliphatic carbocycles. The second-order valence-electron chi connectivity index (χ2n) is 4.31. The van der Waals surface area contributed by atoms with Crippen LogP contribution < -0.4 is 5.73 Å². The number of carbonyl (C=O) groups excluding carboxylic acids is 1. The zero-order chi connectivity index (χ0) is 13.9. The second kappa shape index (κ2) is 6.41. The van der Waals surface area contributed by atoms with Gasteiger partial charge >= 0.3 is 0 Å². The Morgan fingerprint density at radius 3 is 2.44 bits per heavy atom. The van der Waals surface area contributed by atoms with Gasteiger partial charge in [-0.1, -0.05) is 0 Å². The average Bonchev–Trinajstić information content (AvgIpc) is 2.29. The van der Waals surface area contributed by atoms with E-state index in [1.807, 2.05) is 0 Å². The molecule has 8 heteroatoms. The molecule has 1 fully saturated rings. The number of aliphatic hydroxyl groups excluding tert-OH is 4. The van der Waals surface area contributed by atoms with Crippen LogP contribution in [0.25, 0.3) is 0 Å². The van der Waals surface area contributed by atoms with Crippen molar-refractivity contribution in [2.24, 2.45) is 5.73 Å². The molecule has 0 aromatic carbocycles. The van der Waals surface area contributed by atoms with Gasteiger partial charge in [-0.05, 0) is 6.92 Å². The van der Waals surface area contributed by atoms with E-state index in [-0.39, 0.29) is 6.42 Å². The van der Waals surface area contributed by atoms with Crippen molar-refractivity contribution in [2.75, 3.05) is 6.61 Å². The normalized spacial score (nSPS) is 38.4. The molecule has 1 aliphatic heterocycles. The van der Waals surface area contributed by atoms with E-state index in [0.717, 1.165) is 0 Å². The maximum absolute atomic E-state index is 10.7. The summed E-state index contributed by atoms with van der Waals surface area (Å²) in [6.45, 7) is 1.02. The molecule has 0 aromatic rings. The number of hydrogen-bond acceptors (Lipinski definition) is 7. The van der Waals surface area contributed by atoms with Crippen LogP contribution in [0, 0.1) is 0 Å². The summed E-state index contributed by atoms with van der Waals surface area (Å²) in [7, 11) is 0. The Labute approximate surface area is 104 Å². The Hall–Kier alpha value is -0.770. The first kappa shape index (κ1) is 15.3. The molecule has 3 unspecified atom stereocenters. The summed E-state index contributed by atoms with van der Waals surface area (Å²) in [6, 6.07) is 0. The number of amides is 1. The van der Waals surface area contributed by atoms with Gasteiger partial charge < -0.3 is 35.6 Å². The molecule has 0 spiro atoms. The van der Waals surface area contributed by atoms with Crippen molar-refractivity contribution in [3.05, 3.63) is 0 Å². The fraction of sp³-hybridized carbons (Fsp3) is 0.900. The van der Waals surface area contributed by atoms with Gasteiger partial charge in [-0.15, -0.1) is 0 Å². The third kappa shape index (κ3) is 3.61. The monoisotopic (exact) mass is 265 g/mol. The van der Waals surface area contributed by atoms with Gasteiger partial charge in [0, 0.05) is 0 Å². The molecule has 1 amide bonds. The van der Waals surface area contributed by atoms with Gasteiger partial charge in [0.15, 0.2) is 6.29 Å². The van der Waals surface area contributed by atoms with E-state index in [0.29, 0.717) is 0 Å². The Morgan fingerprint density at radius 2 is 1.94 bits per heavy atom. The van der Waals surface area contributed by atoms with E-state index in [9.17, 15) is 20.1 Å². The molecule has 6 N–H and O–H groups in total. The maximum Gasteiger partial charge on any atom is 0.220 e. The zero-order valence-electron chi connectivity index (χ0n) is 9.97. The predicted octanol–water partition coefficient (Wildman–Crippen LogP) is -2.93. The highest BCUT2D eigenvalue weighted by molar-refractivity contribution is 5.74. The summed E-state index contributed by atoms with van der Waals surface area (Å²) < 4.78 is 10.3. The lowest BCUT2D eigenvalue weighted by atomic mass is 9.99. The molecule has 0 bridgehead atoms. The Kier molecular flexibility index (Phi) is 5.45. The minimum absolute atomic E-state index is 0.0744. The number of rotatable bonds is 5. The van der Waals surface area contributed by atoms with E-state index in [4.69, 9.17) is 20.3 Å². The lowest BCUT2D eigenvalue weighted by molar-refractivity contribution is -0.309. The van der Waals surface area contributed by atoms with Gasteiger partial charge in [0.25, 0.3) is 0 Å². The first-order valence-electron chi connectivity index (χ1n) is 5.61. The molecule has 1 rings (SSSR count). The van der Waals surface area contributed by atoms with Crippen molar-refractivity contribution < 1.29 is 34.7 Å². The molecule has 0 aromatic heterocycles. The number of hydrogen-bond donors (Lipinski definition) is 5. The highest BCUT2D eigenvalue weighted by atomic mass is 16.7. The summed E-state index contributed by atoms with van der Waals surface area (Å²) in [5.74, 6) is -0.577. The van der Waals surface area contributed by atoms with Gasteiger partial charge in [0.05, 0.1) is 19.1 Å². The average molecular weight is 265 g/mol. The molecule has 6 atom stereocenters. The van der Waals surface area contributed by atoms with Crippen LogP contribution in [0.15, 0.2) is 0 Å². The predicted molar refractivity (Wildman–Crippen MR) is 58.1 cm³/mol. The summed E-state index contributed by atoms with van der Waals surface area (Å²) in [5, 5.41) is 37.6. The molecule has 0 saturated carbocycles. The quantitative estimate of drug-likeness (QED) is 0.358. The molecule has 1 heterocycles. The van der Waals surface area contributed by atoms with Crippen molar-refractivity contribution in [3.63, 3.8) is 0 Å². The van der Waals surface area contributed by atoms with E-state index in [2.05, 4.69) is 0 Å². The molecule has 0 radical (unpaired) electrons. The second-order valence-corrected chi connectivity index (χ2v) is 4.31. The standard InChI is InChI=1S/C10H19NO7/c1-4(2-6(11)13)17-10-9(16)8(15)7(14)5(3-12)18-10/h4-5,7-10,12,14-16H,2-3H2,1H3,(H2,11,13)/t4?,5?,7-,8-,9?,10+/m0/s1. The van der Waals surface area contributed by atoms with Gasteiger partial charge in [0.1, 0.15) is 24.4 Å². The lowest BCUT2D eigenvalue weighted by Gasteiger charge is -2.40. The minimum Gasteiger partial charge on any atom is -0.394 e. The largest absolute Gasteiger partial charge is 0.394 e. The fourth-order valence-corrected chi connectivity index (χ4v) is 1.74. The van der Waals surface area contributed by atoms with E-state index >= 15 is 0 Å². The summed E-state index contributed by atoms with van der Waals surface area (Å²) in [5.41, 5.74) is 4.98. The van der Waals surface area contributed by atoms with Crippen molar-refractivity contribution in [3.8, 4) is 0 Å². The Balaban J connectivity index is 2.61. The molecular weight excluding hydrogens is 246 g/mol. The van der Waals surface area contributed by atoms with Crippen LogP contribution in [0.4, 0.5) is 0 Å². The number of carbonyl (C=O) groups is 1. The van der Waals surface area contributed by atoms with Gasteiger partial charge in [0.2, 0.25) is 5.91 Å². The summed E-state index contributed by atoms with van der Waals surface area (Å²) in [4.78, 5) is 10.7. The van der Waals surface area contributed by atoms with Crippen LogP contribution in [0.2, 0.25) is 0 Å². The highest BCUT2D eigenvalue weighted by Crippen LogP contribution is 2.23. The van der Waals surface area contributed by atoms with Gasteiger partial charge in [-0.25, -0.2) is 0 Å². The molecule has 106 valence electrons. The van der Waals surface area contributed by atoms with Crippen molar-refractivity contribution in [1.29, 1.82) is 0 Å². The van der Waals surface area contributed by atoms with E-state index < -0.39 is 49.3 Å². The molecule has 1 aliphatic rings. The smallest absolute Gasteiger partial charge is 0.220 e. The van der Waals surface area contributed by atoms with Crippen LogP contribution in [0.5, 0.6) is 0 Å². The van der Waals surface area contributed by atoms with Crippen molar-refractivity contribution in [1.82, 2.24) is 0 Å². The van der Waals surface area contributed by atoms with Crippen LogP contribution in [-0.2, 0) is 14.3 Å². The van der Waals surface area contributed by atoms with Crippen molar-refractivity contribution in [2.45, 2.75) is 50.2 Å². The SMILES string of the molecule is CC(CC(N)=O)O[C@@H]1OC(CO)[C@H](O)[C@H](O)C1O. The van der Waals surface area contributed by atoms with Crippen LogP contribution in [-0.4, -0.2) is 69.8 Å². The van der Waals surface area contributed by atoms with Crippen LogP contribution in [0.1, 0.15) is 13.3 Å². The van der Waals surface area contributed by atoms with Crippen LogP contribution in [0.3, 0.4) is 0 Å². The maximum atomic E-state index is 10.7. The summed E-state index contributed by atoms with van der Waals surface area (Å²) >= 11 is 0. The van der Waals surface area contributed by atoms with Gasteiger partial charge in [-0.2, -0.15) is 0 Å². The third-order valence-corrected chi connectivity index (χ3v) is 2.70. The summed E-state index contributed by atoms with van der Waals surface area (Å²) in [6.07, 6.45) is -7.38. The number of nitrogens with two attached hydrogens (primary N) is 1. The van der Waals surface area contributed by atoms with Gasteiger partial charge in [-0.3, -0.25) is 4.79 Å². The first-order chi connectivity index (χ1) is 8.36. The van der Waals surface area contributed by atoms with Crippen molar-refractivity contribution >= 4 is 5.91 Å². The highest BCUT2D eigenvalue weighted by Gasteiger charge is 2.44. The number of aliphatic hydroxyl groups is 4. The third-order valence-electron chi connectivity index (χ3n) is 2.70. The molecule has 1 saturated heterocycles. The Bertz CT molecular complexity index is 285. The topological polar surface area (TPSA) is 142 Å². The lowest BCUT2D eigenvalue weighted by Crippen LogP contribution is -2.59. The minimum atomic E-state index is -1.50. The van der Waals surface area contributed by atoms with E-state index in [1.54, 1.807) is 6.92 Å². The zero-order valence-corrected chi connectivity index (χ0v) is 9.97.